The maximum atomic E-state index is 4.19. The van der Waals surface area contributed by atoms with Crippen molar-refractivity contribution >= 4 is 15.9 Å². The van der Waals surface area contributed by atoms with E-state index in [-0.39, 0.29) is 0 Å². The molecule has 0 amide bonds. The molecule has 1 heterocycles. The van der Waals surface area contributed by atoms with Gasteiger partial charge in [-0.3, -0.25) is 0 Å². The van der Waals surface area contributed by atoms with E-state index in [2.05, 4.69) is 44.5 Å². The van der Waals surface area contributed by atoms with Crippen LogP contribution in [0.5, 0.6) is 0 Å². The second kappa shape index (κ2) is 4.82. The number of benzene rings is 1. The van der Waals surface area contributed by atoms with E-state index in [0.29, 0.717) is 6.04 Å². The zero-order valence-corrected chi connectivity index (χ0v) is 11.8. The number of rotatable bonds is 4. The van der Waals surface area contributed by atoms with Crippen LogP contribution in [0.3, 0.4) is 0 Å². The topological polar surface area (TPSA) is 42.7 Å². The zero-order chi connectivity index (χ0) is 12.5. The van der Waals surface area contributed by atoms with Crippen molar-refractivity contribution in [2.24, 2.45) is 0 Å². The maximum absolute atomic E-state index is 4.19. The van der Waals surface area contributed by atoms with Gasteiger partial charge in [0.15, 0.2) is 0 Å². The Morgan fingerprint density at radius 2 is 2.28 bits per heavy atom. The number of halogens is 1. The van der Waals surface area contributed by atoms with Gasteiger partial charge in [-0.1, -0.05) is 27.2 Å². The van der Waals surface area contributed by atoms with E-state index < -0.39 is 0 Å². The highest BCUT2D eigenvalue weighted by Gasteiger charge is 2.21. The van der Waals surface area contributed by atoms with Gasteiger partial charge in [-0.15, -0.1) is 5.10 Å². The summed E-state index contributed by atoms with van der Waals surface area (Å²) in [6, 6.07) is 6.82. The molecule has 0 saturated heterocycles. The van der Waals surface area contributed by atoms with Crippen molar-refractivity contribution in [3.05, 3.63) is 40.1 Å². The van der Waals surface area contributed by atoms with Gasteiger partial charge in [-0.05, 0) is 37.5 Å². The molecule has 5 heteroatoms. The Balaban J connectivity index is 1.90. The van der Waals surface area contributed by atoms with Gasteiger partial charge >= 0.3 is 0 Å². The average molecular weight is 307 g/mol. The molecule has 3 rings (SSSR count). The van der Waals surface area contributed by atoms with Gasteiger partial charge in [0.2, 0.25) is 0 Å². The minimum atomic E-state index is 0.692. The normalized spacial score (nSPS) is 15.0. The molecule has 4 nitrogen and oxygen atoms in total. The van der Waals surface area contributed by atoms with E-state index in [1.54, 1.807) is 0 Å². The summed E-state index contributed by atoms with van der Waals surface area (Å²) in [5, 5.41) is 11.7. The van der Waals surface area contributed by atoms with E-state index in [1.165, 1.54) is 18.4 Å². The van der Waals surface area contributed by atoms with Gasteiger partial charge in [0.05, 0.1) is 17.6 Å². The molecular weight excluding hydrogens is 292 g/mol. The molecule has 0 atom stereocenters. The lowest BCUT2D eigenvalue weighted by atomic mass is 10.2. The molecule has 1 aliphatic carbocycles. The number of aromatic nitrogens is 3. The Kier molecular flexibility index (Phi) is 3.18. The Labute approximate surface area is 115 Å². The molecule has 0 bridgehead atoms. The minimum Gasteiger partial charge on any atom is -0.308 e. The second-order valence-corrected chi connectivity index (χ2v) is 5.53. The monoisotopic (exact) mass is 306 g/mol. The highest BCUT2D eigenvalue weighted by Crippen LogP contribution is 2.23. The quantitative estimate of drug-likeness (QED) is 0.944. The molecule has 94 valence electrons. The molecule has 1 aliphatic rings. The summed E-state index contributed by atoms with van der Waals surface area (Å²) < 4.78 is 3.01. The van der Waals surface area contributed by atoms with Gasteiger partial charge in [0, 0.05) is 17.1 Å². The fraction of sp³-hybridized carbons (Fsp3) is 0.385. The van der Waals surface area contributed by atoms with Crippen molar-refractivity contribution < 1.29 is 0 Å². The number of hydrogen-bond acceptors (Lipinski definition) is 3. The van der Waals surface area contributed by atoms with E-state index in [0.717, 1.165) is 22.4 Å². The lowest BCUT2D eigenvalue weighted by molar-refractivity contribution is 0.646. The largest absolute Gasteiger partial charge is 0.308 e. The van der Waals surface area contributed by atoms with Crippen molar-refractivity contribution in [1.82, 2.24) is 20.3 Å². The van der Waals surface area contributed by atoms with Crippen molar-refractivity contribution in [1.29, 1.82) is 0 Å². The Bertz CT molecular complexity index is 560. The van der Waals surface area contributed by atoms with Gasteiger partial charge in [0.25, 0.3) is 0 Å². The smallest absolute Gasteiger partial charge is 0.0783 e. The second-order valence-electron chi connectivity index (χ2n) is 4.68. The highest BCUT2D eigenvalue weighted by atomic mass is 79.9. The molecule has 1 saturated carbocycles. The third-order valence-electron chi connectivity index (χ3n) is 3.24. The third-order valence-corrected chi connectivity index (χ3v) is 4.10. The van der Waals surface area contributed by atoms with Crippen molar-refractivity contribution in [3.63, 3.8) is 0 Å². The zero-order valence-electron chi connectivity index (χ0n) is 10.2. The molecule has 0 radical (unpaired) electrons. The summed E-state index contributed by atoms with van der Waals surface area (Å²) in [5.74, 6) is 0. The lowest BCUT2D eigenvalue weighted by Gasteiger charge is -2.10. The van der Waals surface area contributed by atoms with E-state index in [1.807, 2.05) is 23.0 Å². The Hall–Kier alpha value is -1.20. The summed E-state index contributed by atoms with van der Waals surface area (Å²) in [6.07, 6.45) is 4.41. The molecule has 0 unspecified atom stereocenters. The first-order valence-corrected chi connectivity index (χ1v) is 6.93. The fourth-order valence-electron chi connectivity index (χ4n) is 1.94. The highest BCUT2D eigenvalue weighted by molar-refractivity contribution is 9.10. The fourth-order valence-corrected chi connectivity index (χ4v) is 2.30. The Morgan fingerprint density at radius 1 is 1.44 bits per heavy atom. The molecule has 18 heavy (non-hydrogen) atoms. The first-order valence-electron chi connectivity index (χ1n) is 6.14. The lowest BCUT2D eigenvalue weighted by Crippen LogP contribution is -2.18. The van der Waals surface area contributed by atoms with Crippen LogP contribution >= 0.6 is 15.9 Å². The molecule has 0 spiro atoms. The Morgan fingerprint density at radius 3 is 3.06 bits per heavy atom. The van der Waals surface area contributed by atoms with E-state index in [9.17, 15) is 0 Å². The molecule has 1 aromatic carbocycles. The summed E-state index contributed by atoms with van der Waals surface area (Å²) in [7, 11) is 0. The standard InChI is InChI=1S/C13H15BrN4/c1-9-12(14)3-2-4-13(9)18-11(8-16-17-18)7-15-10-5-6-10/h2-4,8,10,15H,5-7H2,1H3. The third kappa shape index (κ3) is 2.33. The van der Waals surface area contributed by atoms with Crippen LogP contribution < -0.4 is 5.32 Å². The maximum Gasteiger partial charge on any atom is 0.0783 e. The van der Waals surface area contributed by atoms with Gasteiger partial charge < -0.3 is 5.32 Å². The van der Waals surface area contributed by atoms with Crippen LogP contribution in [0.25, 0.3) is 5.69 Å². The van der Waals surface area contributed by atoms with Crippen LogP contribution in [0.1, 0.15) is 24.1 Å². The van der Waals surface area contributed by atoms with Gasteiger partial charge in [-0.25, -0.2) is 4.68 Å². The summed E-state index contributed by atoms with van der Waals surface area (Å²) in [6.45, 7) is 2.91. The van der Waals surface area contributed by atoms with Crippen LogP contribution in [0.15, 0.2) is 28.9 Å². The van der Waals surface area contributed by atoms with Crippen molar-refractivity contribution in [2.75, 3.05) is 0 Å². The molecular formula is C13H15BrN4. The average Bonchev–Trinajstić information content (AvgIpc) is 3.08. The molecule has 2 aromatic rings. The van der Waals surface area contributed by atoms with Crippen LogP contribution in [0.2, 0.25) is 0 Å². The SMILES string of the molecule is Cc1c(Br)cccc1-n1nncc1CNC1CC1. The van der Waals surface area contributed by atoms with Gasteiger partial charge in [0.1, 0.15) is 0 Å². The number of hydrogen-bond donors (Lipinski definition) is 1. The van der Waals surface area contributed by atoms with Crippen LogP contribution in [0.4, 0.5) is 0 Å². The predicted molar refractivity (Wildman–Crippen MR) is 73.7 cm³/mol. The van der Waals surface area contributed by atoms with Gasteiger partial charge in [-0.2, -0.15) is 0 Å². The summed E-state index contributed by atoms with van der Waals surface area (Å²) in [5.41, 5.74) is 3.35. The van der Waals surface area contributed by atoms with Crippen molar-refractivity contribution in [3.8, 4) is 5.69 Å². The summed E-state index contributed by atoms with van der Waals surface area (Å²) in [4.78, 5) is 0. The first kappa shape index (κ1) is 11.9. The van der Waals surface area contributed by atoms with Crippen LogP contribution in [0, 0.1) is 6.92 Å². The van der Waals surface area contributed by atoms with E-state index in [4.69, 9.17) is 0 Å². The summed E-state index contributed by atoms with van der Waals surface area (Å²) >= 11 is 3.55. The van der Waals surface area contributed by atoms with Crippen molar-refractivity contribution in [2.45, 2.75) is 32.4 Å². The molecule has 0 aliphatic heterocycles. The number of nitrogens with one attached hydrogen (secondary N) is 1. The molecule has 1 N–H and O–H groups in total. The number of nitrogens with zero attached hydrogens (tertiary/aromatic N) is 3. The predicted octanol–water partition coefficient (Wildman–Crippen LogP) is 2.59. The molecule has 1 aromatic heterocycles. The van der Waals surface area contributed by atoms with Crippen LogP contribution in [-0.4, -0.2) is 21.0 Å². The minimum absolute atomic E-state index is 0.692. The molecule has 1 fully saturated rings. The first-order chi connectivity index (χ1) is 8.75. The van der Waals surface area contributed by atoms with Crippen LogP contribution in [-0.2, 0) is 6.54 Å². The van der Waals surface area contributed by atoms with E-state index >= 15 is 0 Å².